The maximum absolute atomic E-state index is 14.9. The van der Waals surface area contributed by atoms with Gasteiger partial charge in [-0.1, -0.05) is 24.3 Å². The summed E-state index contributed by atoms with van der Waals surface area (Å²) in [5.74, 6) is 0.327. The van der Waals surface area contributed by atoms with Crippen LogP contribution < -0.4 is 14.5 Å². The van der Waals surface area contributed by atoms with Crippen molar-refractivity contribution < 1.29 is 24.2 Å². The molecule has 1 saturated heterocycles. The smallest absolute Gasteiger partial charge is 0.415 e. The molecular formula is C46H50N6O5. The van der Waals surface area contributed by atoms with Crippen molar-refractivity contribution in [1.29, 1.82) is 0 Å². The molecule has 0 radical (unpaired) electrons. The van der Waals surface area contributed by atoms with Gasteiger partial charge in [-0.25, -0.2) is 4.79 Å². The van der Waals surface area contributed by atoms with E-state index in [1.54, 1.807) is 41.1 Å². The number of hydrogen-bond donors (Lipinski definition) is 1. The number of phenols is 1. The summed E-state index contributed by atoms with van der Waals surface area (Å²) in [5, 5.41) is 9.81. The number of aromatic hydroxyl groups is 1. The van der Waals surface area contributed by atoms with E-state index in [1.807, 2.05) is 72.0 Å². The number of hydrogen-bond acceptors (Lipinski definition) is 7. The molecule has 0 bridgehead atoms. The van der Waals surface area contributed by atoms with Crippen molar-refractivity contribution in [3.05, 3.63) is 130 Å². The van der Waals surface area contributed by atoms with E-state index in [4.69, 9.17) is 4.74 Å². The quantitative estimate of drug-likeness (QED) is 0.201. The molecule has 0 unspecified atom stereocenters. The summed E-state index contributed by atoms with van der Waals surface area (Å²) in [4.78, 5) is 52.3. The second-order valence-corrected chi connectivity index (χ2v) is 15.7. The normalized spacial score (nSPS) is 16.9. The first-order chi connectivity index (χ1) is 27.4. The third-order valence-electron chi connectivity index (χ3n) is 12.1. The first-order valence-corrected chi connectivity index (χ1v) is 19.7. The van der Waals surface area contributed by atoms with Crippen molar-refractivity contribution in [2.24, 2.45) is 7.05 Å². The van der Waals surface area contributed by atoms with Crippen molar-refractivity contribution in [3.63, 3.8) is 0 Å². The Morgan fingerprint density at radius 3 is 2.19 bits per heavy atom. The topological polar surface area (TPSA) is 102 Å². The lowest BCUT2D eigenvalue weighted by Gasteiger charge is -2.36. The second-order valence-electron chi connectivity index (χ2n) is 15.7. The van der Waals surface area contributed by atoms with E-state index in [9.17, 15) is 19.5 Å². The van der Waals surface area contributed by atoms with Gasteiger partial charge < -0.3 is 38.9 Å². The number of rotatable bonds is 6. The van der Waals surface area contributed by atoms with E-state index in [0.717, 1.165) is 71.9 Å². The fourth-order valence-corrected chi connectivity index (χ4v) is 8.36. The van der Waals surface area contributed by atoms with Crippen LogP contribution in [0.15, 0.2) is 91.0 Å². The SMILES string of the molecule is Cc1c(C(=O)N(C)c2ccc(O)cc2)cc(-c2cc3c(cc2C(=O)N2Cc4ccccc4C[C@H]2C)CN(C(=O)Oc2ccc(N4CCN(C)CC4)cc2)CC3)n1C. The highest BCUT2D eigenvalue weighted by molar-refractivity contribution is 6.08. The number of phenolic OH excluding ortho intramolecular Hbond substituents is 1. The van der Waals surface area contributed by atoms with Gasteiger partial charge in [-0.05, 0) is 123 Å². The Morgan fingerprint density at radius 1 is 0.772 bits per heavy atom. The van der Waals surface area contributed by atoms with Gasteiger partial charge in [0.1, 0.15) is 11.5 Å². The number of piperazine rings is 1. The van der Waals surface area contributed by atoms with Gasteiger partial charge in [0, 0.05) is 99.8 Å². The third kappa shape index (κ3) is 7.47. The molecule has 4 heterocycles. The molecule has 5 aromatic rings. The fourth-order valence-electron chi connectivity index (χ4n) is 8.36. The number of benzene rings is 4. The maximum Gasteiger partial charge on any atom is 0.415 e. The average Bonchev–Trinajstić information content (AvgIpc) is 3.52. The standard InChI is InChI=1S/C46H50N6O5/c1-30-24-32-8-6-7-9-34(32)29-52(30)45(55)42-26-35-28-51(46(56)57-39-16-12-37(13-17-39)50-22-20-47(3)21-23-50)19-18-33(35)25-41(42)43-27-40(31(2)48(43)4)44(54)49(5)36-10-14-38(53)15-11-36/h6-17,25-27,30,53H,18-24,28-29H2,1-5H3/t30-/m1/s1. The molecule has 57 heavy (non-hydrogen) atoms. The number of ether oxygens (including phenoxy) is 1. The summed E-state index contributed by atoms with van der Waals surface area (Å²) in [6.45, 7) is 9.20. The molecule has 8 rings (SSSR count). The van der Waals surface area contributed by atoms with E-state index in [0.29, 0.717) is 48.6 Å². The Balaban J connectivity index is 1.10. The van der Waals surface area contributed by atoms with E-state index < -0.39 is 6.09 Å². The highest BCUT2D eigenvalue weighted by Gasteiger charge is 2.33. The van der Waals surface area contributed by atoms with Crippen LogP contribution in [0.25, 0.3) is 11.3 Å². The number of likely N-dealkylation sites (N-methyl/N-ethyl adjacent to an activating group) is 1. The summed E-state index contributed by atoms with van der Waals surface area (Å²) in [5.41, 5.74) is 9.42. The zero-order chi connectivity index (χ0) is 40.0. The van der Waals surface area contributed by atoms with Gasteiger partial charge in [0.25, 0.3) is 11.8 Å². The fraction of sp³-hybridized carbons (Fsp3) is 0.326. The number of carbonyl (C=O) groups excluding carboxylic acids is 3. The summed E-state index contributed by atoms with van der Waals surface area (Å²) in [6.07, 6.45) is 0.912. The molecule has 1 aromatic heterocycles. The molecule has 1 fully saturated rings. The zero-order valence-corrected chi connectivity index (χ0v) is 33.4. The summed E-state index contributed by atoms with van der Waals surface area (Å²) < 4.78 is 7.87. The lowest BCUT2D eigenvalue weighted by atomic mass is 9.90. The molecule has 11 heteroatoms. The van der Waals surface area contributed by atoms with Crippen LogP contribution in [-0.4, -0.2) is 95.1 Å². The molecule has 11 nitrogen and oxygen atoms in total. The molecule has 4 aromatic carbocycles. The predicted molar refractivity (Wildman–Crippen MR) is 222 cm³/mol. The van der Waals surface area contributed by atoms with Gasteiger partial charge in [-0.3, -0.25) is 9.59 Å². The Kier molecular flexibility index (Phi) is 10.3. The Morgan fingerprint density at radius 2 is 1.47 bits per heavy atom. The van der Waals surface area contributed by atoms with Crippen LogP contribution in [-0.2, 0) is 33.0 Å². The Bertz CT molecular complexity index is 2330. The summed E-state index contributed by atoms with van der Waals surface area (Å²) >= 11 is 0. The molecular weight excluding hydrogens is 717 g/mol. The van der Waals surface area contributed by atoms with Crippen molar-refractivity contribution in [2.45, 2.75) is 45.8 Å². The van der Waals surface area contributed by atoms with E-state index in [-0.39, 0.29) is 23.6 Å². The van der Waals surface area contributed by atoms with Gasteiger partial charge in [0.15, 0.2) is 0 Å². The van der Waals surface area contributed by atoms with Gasteiger partial charge in [-0.15, -0.1) is 0 Å². The lowest BCUT2D eigenvalue weighted by Crippen LogP contribution is -2.44. The highest BCUT2D eigenvalue weighted by Crippen LogP contribution is 2.36. The van der Waals surface area contributed by atoms with E-state index >= 15 is 0 Å². The van der Waals surface area contributed by atoms with Crippen LogP contribution in [0, 0.1) is 6.92 Å². The minimum absolute atomic E-state index is 0.0309. The van der Waals surface area contributed by atoms with Crippen molar-refractivity contribution in [2.75, 3.05) is 56.6 Å². The number of fused-ring (bicyclic) bond motifs is 2. The van der Waals surface area contributed by atoms with Gasteiger partial charge in [-0.2, -0.15) is 0 Å². The largest absolute Gasteiger partial charge is 0.508 e. The van der Waals surface area contributed by atoms with Crippen molar-refractivity contribution in [3.8, 4) is 22.8 Å². The number of carbonyl (C=O) groups is 3. The first-order valence-electron chi connectivity index (χ1n) is 19.7. The number of amides is 3. The van der Waals surface area contributed by atoms with Gasteiger partial charge in [0.05, 0.1) is 5.56 Å². The van der Waals surface area contributed by atoms with E-state index in [2.05, 4.69) is 42.0 Å². The lowest BCUT2D eigenvalue weighted by molar-refractivity contribution is 0.0658. The molecule has 0 aliphatic carbocycles. The minimum Gasteiger partial charge on any atom is -0.508 e. The molecule has 1 atom stereocenters. The van der Waals surface area contributed by atoms with Gasteiger partial charge in [0.2, 0.25) is 0 Å². The number of anilines is 2. The molecule has 0 spiro atoms. The van der Waals surface area contributed by atoms with Gasteiger partial charge >= 0.3 is 6.09 Å². The van der Waals surface area contributed by atoms with Crippen molar-refractivity contribution in [1.82, 2.24) is 19.3 Å². The molecule has 0 saturated carbocycles. The van der Waals surface area contributed by atoms with Crippen LogP contribution in [0.5, 0.6) is 11.5 Å². The molecule has 294 valence electrons. The first kappa shape index (κ1) is 37.8. The highest BCUT2D eigenvalue weighted by atomic mass is 16.6. The molecule has 3 amide bonds. The van der Waals surface area contributed by atoms with Crippen LogP contribution in [0.3, 0.4) is 0 Å². The minimum atomic E-state index is -0.426. The van der Waals surface area contributed by atoms with Crippen LogP contribution in [0.2, 0.25) is 0 Å². The molecule has 1 N–H and O–H groups in total. The maximum atomic E-state index is 14.9. The number of aromatic nitrogens is 1. The molecule has 3 aliphatic rings. The second kappa shape index (κ2) is 15.5. The third-order valence-corrected chi connectivity index (χ3v) is 12.1. The monoisotopic (exact) mass is 766 g/mol. The number of nitrogens with zero attached hydrogens (tertiary/aromatic N) is 6. The Hall–Kier alpha value is -6.07. The van der Waals surface area contributed by atoms with E-state index in [1.165, 1.54) is 5.56 Å². The van der Waals surface area contributed by atoms with Crippen LogP contribution in [0.1, 0.15) is 55.6 Å². The predicted octanol–water partition coefficient (Wildman–Crippen LogP) is 6.88. The van der Waals surface area contributed by atoms with Crippen molar-refractivity contribution >= 4 is 29.3 Å². The molecule has 3 aliphatic heterocycles. The summed E-state index contributed by atoms with van der Waals surface area (Å²) in [7, 11) is 5.77. The Labute approximate surface area is 334 Å². The zero-order valence-electron chi connectivity index (χ0n) is 33.4. The van der Waals surface area contributed by atoms with Crippen LogP contribution >= 0.6 is 0 Å². The van der Waals surface area contributed by atoms with Crippen LogP contribution in [0.4, 0.5) is 16.2 Å². The average molecular weight is 767 g/mol. The summed E-state index contributed by atoms with van der Waals surface area (Å²) in [6, 6.07) is 28.4.